The highest BCUT2D eigenvalue weighted by atomic mass is 16.5. The molecule has 720 valence electrons. The van der Waals surface area contributed by atoms with Gasteiger partial charge in [-0.3, -0.25) is 68.9 Å². The van der Waals surface area contributed by atoms with Gasteiger partial charge >= 0.3 is 23.9 Å². The van der Waals surface area contributed by atoms with Gasteiger partial charge in [0.25, 0.3) is 5.97 Å². The molecule has 6 aromatic heterocycles. The number of Topliss-reactive ketones (excluding diaryl/α,β-unsaturated/α-hetero) is 4. The minimum Gasteiger partial charge on any atom is -0.481 e. The van der Waals surface area contributed by atoms with E-state index < -0.39 is 35.4 Å². The lowest BCUT2D eigenvalue weighted by Crippen LogP contribution is -2.39. The van der Waals surface area contributed by atoms with Gasteiger partial charge in [0, 0.05) is 86.8 Å². The number of carbonyl (C=O) groups excluding carboxylic acids is 9. The summed E-state index contributed by atoms with van der Waals surface area (Å²) in [7, 11) is 1.36. The van der Waals surface area contributed by atoms with Crippen molar-refractivity contribution in [2.45, 2.75) is 193 Å². The van der Waals surface area contributed by atoms with Crippen molar-refractivity contribution in [1.82, 2.24) is 72.7 Å². The lowest BCUT2D eigenvalue weighted by atomic mass is 9.70. The number of allylic oxidation sites excluding steroid dienone is 2. The van der Waals surface area contributed by atoms with Gasteiger partial charge in [0.05, 0.1) is 144 Å². The maximum absolute atomic E-state index is 14.2. The normalized spacial score (nSPS) is 13.7. The SMILES string of the molecule is C.C.CC(=O)O.CCOC(=O)C1=C(COC(C)(C)C)NC2=C(C(=O)CC(c3c(C)cc(C)cc3C)C2)C1c1cccc2[nH]ncc12.CCOC(=O)CC(=O)COC(C)(C)C.COC(=O)c1cccc2[nH]ncc12.Cc1cc(C)c(C2CC(=O)CC(=O)C2)c(C)c1.N.O=C(O)c1cccc2[nH]ncc12.O=Cc1cccc2[nH]ncc12.O=Cc1cccc2[nH]ncc12.OCc1cccc2[nH]ncc12. The third-order valence-corrected chi connectivity index (χ3v) is 21.3. The molecule has 0 radical (unpaired) electrons. The standard InChI is InChI=1S/C33H39N3O4.C15H18O2.C10H18O4.C9H8N2O2.C8H6N2O2.C8H8N2O.2C8H6N2O.C2H4O2.2CH4.H3N/c1-8-39-32(38)31-26(17-40-33(5,6)7)35-25-14-21(28-19(3)12-18(2)13-20(28)4)15-27(37)30(25)29(31)22-10-9-11-24-23(22)16-34-36-24;1-9-4-10(2)15(11(3)5-9)12-6-13(16)8-14(17)7-12;1-5-13-9(12)6-8(11)7-14-10(2,3)4;1-13-9(12)6-3-2-4-8-7(6)5-10-11-8;11-8(12)5-2-1-3-7-6(5)4-9-10-7;3*11-5-6-2-1-3-8-7(6)4-9-10-8;1-2(3)4;;;/h9-13,16,21,29,35H,8,14-15,17H2,1-7H3,(H,34,36);4-5,12H,6-8H2,1-3H3;5-7H2,1-4H3;2-5H,1H3,(H,10,11);1-4H,(H,9,10)(H,11,12);1-4,11H,5H2,(H,9,10);2*1-5H,(H,9,10);1H3,(H,3,4);2*1H4;1H3. The molecule has 14 aromatic rings. The molecule has 1 aliphatic heterocycles. The van der Waals surface area contributed by atoms with Gasteiger partial charge < -0.3 is 50.5 Å². The number of aromatic carboxylic acids is 1. The summed E-state index contributed by atoms with van der Waals surface area (Å²) in [5, 5.41) is 74.0. The highest BCUT2D eigenvalue weighted by molar-refractivity contribution is 6.07. The number of methoxy groups -OCH3 is 1. The topological polar surface area (TPSA) is 514 Å². The van der Waals surface area contributed by atoms with Gasteiger partial charge in [-0.25, -0.2) is 14.4 Å². The Labute approximate surface area is 788 Å². The predicted molar refractivity (Wildman–Crippen MR) is 522 cm³/mol. The zero-order valence-corrected chi connectivity index (χ0v) is 78.1. The monoisotopic (exact) mass is 1860 g/mol. The van der Waals surface area contributed by atoms with Crippen LogP contribution in [0.2, 0.25) is 0 Å². The number of aliphatic hydroxyl groups excluding tert-OH is 1. The predicted octanol–water partition coefficient (Wildman–Crippen LogP) is 18.5. The van der Waals surface area contributed by atoms with Crippen LogP contribution in [0.1, 0.15) is 231 Å². The van der Waals surface area contributed by atoms with Gasteiger partial charge in [-0.1, -0.05) is 111 Å². The molecule has 17 rings (SSSR count). The molecule has 8 aromatic carbocycles. The molecule has 3 aliphatic rings. The van der Waals surface area contributed by atoms with Gasteiger partial charge in [-0.05, 0) is 208 Å². The molecule has 33 heteroatoms. The molecule has 2 unspecified atom stereocenters. The molecule has 0 spiro atoms. The number of aliphatic hydroxyl groups is 1. The summed E-state index contributed by atoms with van der Waals surface area (Å²) in [6.07, 6.45) is 13.6. The van der Waals surface area contributed by atoms with Crippen molar-refractivity contribution in [3.63, 3.8) is 0 Å². The largest absolute Gasteiger partial charge is 0.481 e. The van der Waals surface area contributed by atoms with Crippen LogP contribution in [0.3, 0.4) is 0 Å². The molecule has 2 aliphatic carbocycles. The molecule has 7 heterocycles. The molecule has 0 saturated heterocycles. The number of aldehydes is 2. The summed E-state index contributed by atoms with van der Waals surface area (Å²) in [6, 6.07) is 41.5. The summed E-state index contributed by atoms with van der Waals surface area (Å²) in [4.78, 5) is 125. The van der Waals surface area contributed by atoms with E-state index in [-0.39, 0.29) is 112 Å². The van der Waals surface area contributed by atoms with Crippen LogP contribution in [0.15, 0.2) is 193 Å². The van der Waals surface area contributed by atoms with Crippen LogP contribution in [-0.4, -0.2) is 187 Å². The zero-order chi connectivity index (χ0) is 97.0. The quantitative estimate of drug-likeness (QED) is 0.0174. The van der Waals surface area contributed by atoms with E-state index >= 15 is 0 Å². The zero-order valence-electron chi connectivity index (χ0n) is 78.1. The molecule has 0 bridgehead atoms. The number of dihydropyridines is 1. The van der Waals surface area contributed by atoms with E-state index in [1.165, 1.54) is 57.8 Å². The van der Waals surface area contributed by atoms with Gasteiger partial charge in [-0.2, -0.15) is 30.6 Å². The number of aromatic amines is 6. The molecule has 1 fully saturated rings. The number of hydrogen-bond donors (Lipinski definition) is 11. The van der Waals surface area contributed by atoms with Crippen molar-refractivity contribution in [3.8, 4) is 0 Å². The molecular formula is C103H124N14O19. The van der Waals surface area contributed by atoms with Crippen molar-refractivity contribution < 1.29 is 91.7 Å². The number of aliphatic carboxylic acids is 1. The van der Waals surface area contributed by atoms with E-state index in [0.717, 1.165) is 96.4 Å². The lowest BCUT2D eigenvalue weighted by molar-refractivity contribution is -0.148. The average Bonchev–Trinajstić information content (AvgIpc) is 1.46. The second-order valence-electron chi connectivity index (χ2n) is 33.7. The fourth-order valence-corrected chi connectivity index (χ4v) is 15.9. The summed E-state index contributed by atoms with van der Waals surface area (Å²) < 4.78 is 26.3. The third-order valence-electron chi connectivity index (χ3n) is 21.3. The minimum atomic E-state index is -0.929. The fraction of sp³-hybridized carbons (Fsp3) is 0.330. The van der Waals surface area contributed by atoms with Crippen LogP contribution < -0.4 is 11.5 Å². The number of carbonyl (C=O) groups is 11. The Bertz CT molecular complexity index is 6440. The van der Waals surface area contributed by atoms with E-state index in [4.69, 9.17) is 34.3 Å². The second kappa shape index (κ2) is 51.4. The number of esters is 3. The van der Waals surface area contributed by atoms with Crippen LogP contribution in [0.4, 0.5) is 0 Å². The molecule has 136 heavy (non-hydrogen) atoms. The van der Waals surface area contributed by atoms with Crippen LogP contribution in [0.5, 0.6) is 0 Å². The number of fused-ring (bicyclic) bond motifs is 6. The van der Waals surface area contributed by atoms with Crippen molar-refractivity contribution in [2.24, 2.45) is 0 Å². The smallest absolute Gasteiger partial charge is 0.338 e. The average molecular weight is 1860 g/mol. The number of hydrogen-bond acceptors (Lipinski definition) is 25. The van der Waals surface area contributed by atoms with Crippen LogP contribution in [0.25, 0.3) is 65.4 Å². The van der Waals surface area contributed by atoms with E-state index in [0.29, 0.717) is 71.2 Å². The number of aromatic nitrogens is 12. The maximum Gasteiger partial charge on any atom is 0.338 e. The van der Waals surface area contributed by atoms with Crippen LogP contribution in [0, 0.1) is 41.5 Å². The second-order valence-corrected chi connectivity index (χ2v) is 33.7. The third kappa shape index (κ3) is 30.0. The minimum absolute atomic E-state index is 0. The Hall–Kier alpha value is -14.9. The summed E-state index contributed by atoms with van der Waals surface area (Å²) >= 11 is 0. The van der Waals surface area contributed by atoms with E-state index in [2.05, 4.69) is 142 Å². The van der Waals surface area contributed by atoms with E-state index in [1.807, 2.05) is 108 Å². The molecule has 1 saturated carbocycles. The molecule has 33 nitrogen and oxygen atoms in total. The number of nitrogens with one attached hydrogen (secondary N) is 7. The van der Waals surface area contributed by atoms with E-state index in [9.17, 15) is 47.9 Å². The number of H-pyrrole nitrogens is 6. The summed E-state index contributed by atoms with van der Waals surface area (Å²) in [6.45, 7) is 29.4. The number of carboxylic acids is 2. The molecular weight excluding hydrogens is 1740 g/mol. The number of ketones is 4. The Balaban J connectivity index is 0.000000251. The van der Waals surface area contributed by atoms with Crippen molar-refractivity contribution in [2.75, 3.05) is 33.5 Å². The van der Waals surface area contributed by atoms with Crippen molar-refractivity contribution in [1.29, 1.82) is 0 Å². The van der Waals surface area contributed by atoms with Crippen molar-refractivity contribution >= 4 is 131 Å². The Morgan fingerprint density at radius 2 is 0.882 bits per heavy atom. The fourth-order valence-electron chi connectivity index (χ4n) is 15.9. The van der Waals surface area contributed by atoms with Gasteiger partial charge in [0.2, 0.25) is 0 Å². The number of benzene rings is 8. The Kier molecular flexibility index (Phi) is 41.5. The maximum atomic E-state index is 14.2. The van der Waals surface area contributed by atoms with E-state index in [1.54, 1.807) is 87.3 Å². The number of aryl methyl sites for hydroxylation is 6. The number of ether oxygens (including phenoxy) is 5. The Morgan fingerprint density at radius 3 is 1.32 bits per heavy atom. The molecule has 0 amide bonds. The first-order valence-corrected chi connectivity index (χ1v) is 43.0. The highest BCUT2D eigenvalue weighted by Gasteiger charge is 2.44. The first-order chi connectivity index (χ1) is 63.4. The lowest BCUT2D eigenvalue weighted by Gasteiger charge is -2.38. The Morgan fingerprint density at radius 1 is 0.493 bits per heavy atom. The number of rotatable bonds is 17. The first-order valence-electron chi connectivity index (χ1n) is 43.0. The van der Waals surface area contributed by atoms with Gasteiger partial charge in [0.1, 0.15) is 24.6 Å². The number of nitrogens with zero attached hydrogens (tertiary/aromatic N) is 6. The van der Waals surface area contributed by atoms with Crippen molar-refractivity contribution in [3.05, 3.63) is 271 Å². The molecule has 13 N–H and O–H groups in total. The summed E-state index contributed by atoms with van der Waals surface area (Å²) in [5.41, 5.74) is 20.6. The van der Waals surface area contributed by atoms with Crippen LogP contribution >= 0.6 is 0 Å². The van der Waals surface area contributed by atoms with Gasteiger partial charge in [0.15, 0.2) is 24.1 Å². The highest BCUT2D eigenvalue weighted by Crippen LogP contribution is 2.48. The number of carboxylic acid groups (broad SMARTS) is 2. The first kappa shape index (κ1) is 110. The van der Waals surface area contributed by atoms with Crippen LogP contribution in [-0.2, 0) is 63.9 Å². The summed E-state index contributed by atoms with van der Waals surface area (Å²) in [5.74, 6) is -3.52. The molecule has 2 atom stereocenters. The van der Waals surface area contributed by atoms with Gasteiger partial charge in [-0.15, -0.1) is 0 Å².